The van der Waals surface area contributed by atoms with Crippen molar-refractivity contribution in [2.24, 2.45) is 10.8 Å². The molecule has 3 N–H and O–H groups in total. The number of nitrogens with two attached hydrogens (primary N) is 1. The van der Waals surface area contributed by atoms with E-state index in [1.165, 1.54) is 22.4 Å². The number of hydrazone groups is 1. The summed E-state index contributed by atoms with van der Waals surface area (Å²) in [7, 11) is 0. The zero-order chi connectivity index (χ0) is 16.9. The van der Waals surface area contributed by atoms with Gasteiger partial charge < -0.3 is 5.73 Å². The Kier molecular flexibility index (Phi) is 4.88. The van der Waals surface area contributed by atoms with Crippen LogP contribution < -0.4 is 16.7 Å². The van der Waals surface area contributed by atoms with Gasteiger partial charge in [0.25, 0.3) is 5.56 Å². The van der Waals surface area contributed by atoms with E-state index >= 15 is 0 Å². The second-order valence-electron chi connectivity index (χ2n) is 4.71. The van der Waals surface area contributed by atoms with E-state index in [0.29, 0.717) is 16.2 Å². The number of rotatable bonds is 4. The highest BCUT2D eigenvalue weighted by Crippen LogP contribution is 2.27. The first-order chi connectivity index (χ1) is 11.6. The molecule has 24 heavy (non-hydrogen) atoms. The smallest absolute Gasteiger partial charge is 0.267 e. The van der Waals surface area contributed by atoms with Crippen LogP contribution >= 0.6 is 24.0 Å². The van der Waals surface area contributed by atoms with Crippen molar-refractivity contribution in [1.82, 2.24) is 14.8 Å². The summed E-state index contributed by atoms with van der Waals surface area (Å²) in [6.45, 7) is 0. The maximum Gasteiger partial charge on any atom is 0.267 e. The first-order valence-corrected chi connectivity index (χ1v) is 8.20. The SMILES string of the molecule is NC(=S)N/N=C/c1c(Sc2ccccc2)nc2ccccn2c1=O. The molecule has 2 heterocycles. The molecule has 2 aromatic heterocycles. The standard InChI is InChI=1S/C16H13N5OS2/c17-16(23)20-18-10-12-14(24-11-6-2-1-3-7-11)19-13-8-4-5-9-21(13)15(12)22/h1-10H,(H3,17,20,23)/b18-10+. The summed E-state index contributed by atoms with van der Waals surface area (Å²) in [5.74, 6) is 0. The highest BCUT2D eigenvalue weighted by atomic mass is 32.2. The van der Waals surface area contributed by atoms with Gasteiger partial charge in [0, 0.05) is 11.1 Å². The van der Waals surface area contributed by atoms with Crippen LogP contribution in [0.1, 0.15) is 5.56 Å². The maximum absolute atomic E-state index is 12.7. The van der Waals surface area contributed by atoms with Crippen LogP contribution in [0.5, 0.6) is 0 Å². The number of nitrogens with one attached hydrogen (secondary N) is 1. The molecule has 0 aliphatic rings. The number of hydrogen-bond acceptors (Lipinski definition) is 5. The zero-order valence-corrected chi connectivity index (χ0v) is 14.1. The van der Waals surface area contributed by atoms with Crippen molar-refractivity contribution < 1.29 is 0 Å². The molecular weight excluding hydrogens is 342 g/mol. The third-order valence-electron chi connectivity index (χ3n) is 3.06. The van der Waals surface area contributed by atoms with Crippen molar-refractivity contribution in [2.45, 2.75) is 9.92 Å². The van der Waals surface area contributed by atoms with Crippen molar-refractivity contribution in [3.05, 3.63) is 70.6 Å². The molecule has 0 fully saturated rings. The van der Waals surface area contributed by atoms with Crippen molar-refractivity contribution in [2.75, 3.05) is 0 Å². The molecule has 0 radical (unpaired) electrons. The fraction of sp³-hybridized carbons (Fsp3) is 0. The highest BCUT2D eigenvalue weighted by molar-refractivity contribution is 7.99. The number of thiocarbonyl (C=S) groups is 1. The minimum atomic E-state index is -0.215. The van der Waals surface area contributed by atoms with E-state index < -0.39 is 0 Å². The van der Waals surface area contributed by atoms with E-state index in [0.717, 1.165) is 4.90 Å². The summed E-state index contributed by atoms with van der Waals surface area (Å²) in [6, 6.07) is 15.1. The molecular formula is C16H13N5OS2. The molecule has 8 heteroatoms. The van der Waals surface area contributed by atoms with Gasteiger partial charge in [-0.15, -0.1) is 0 Å². The van der Waals surface area contributed by atoms with Gasteiger partial charge in [0.1, 0.15) is 10.7 Å². The number of nitrogens with zero attached hydrogens (tertiary/aromatic N) is 3. The lowest BCUT2D eigenvalue weighted by atomic mass is 10.3. The highest BCUT2D eigenvalue weighted by Gasteiger charge is 2.12. The molecule has 0 aliphatic heterocycles. The van der Waals surface area contributed by atoms with Crippen LogP contribution in [0.15, 0.2) is 74.5 Å². The maximum atomic E-state index is 12.7. The summed E-state index contributed by atoms with van der Waals surface area (Å²) >= 11 is 6.10. The Bertz CT molecular complexity index is 969. The van der Waals surface area contributed by atoms with Gasteiger partial charge in [0.05, 0.1) is 11.8 Å². The molecule has 6 nitrogen and oxygen atoms in total. The van der Waals surface area contributed by atoms with Crippen LogP contribution in [0, 0.1) is 0 Å². The lowest BCUT2D eigenvalue weighted by Gasteiger charge is -2.07. The normalized spacial score (nSPS) is 11.0. The second-order valence-corrected chi connectivity index (χ2v) is 6.22. The van der Waals surface area contributed by atoms with E-state index in [1.54, 1.807) is 18.3 Å². The van der Waals surface area contributed by atoms with Gasteiger partial charge in [-0.3, -0.25) is 14.6 Å². The molecule has 120 valence electrons. The van der Waals surface area contributed by atoms with Crippen molar-refractivity contribution in [3.8, 4) is 0 Å². The summed E-state index contributed by atoms with van der Waals surface area (Å²) in [5, 5.41) is 4.49. The third kappa shape index (κ3) is 3.61. The van der Waals surface area contributed by atoms with Crippen molar-refractivity contribution in [1.29, 1.82) is 0 Å². The number of fused-ring (bicyclic) bond motifs is 1. The average Bonchev–Trinajstić information content (AvgIpc) is 2.58. The van der Waals surface area contributed by atoms with E-state index in [1.807, 2.05) is 36.4 Å². The molecule has 0 atom stereocenters. The molecule has 1 aromatic carbocycles. The molecule has 0 saturated carbocycles. The van der Waals surface area contributed by atoms with E-state index in [2.05, 4.69) is 15.5 Å². The molecule has 0 aliphatic carbocycles. The van der Waals surface area contributed by atoms with Crippen LogP contribution in [0.2, 0.25) is 0 Å². The molecule has 0 spiro atoms. The fourth-order valence-corrected chi connectivity index (χ4v) is 2.99. The Morgan fingerprint density at radius 2 is 2.00 bits per heavy atom. The Morgan fingerprint density at radius 1 is 1.25 bits per heavy atom. The molecule has 0 bridgehead atoms. The lowest BCUT2D eigenvalue weighted by molar-refractivity contribution is 0.969. The minimum Gasteiger partial charge on any atom is -0.375 e. The quantitative estimate of drug-likeness (QED) is 0.322. The van der Waals surface area contributed by atoms with Crippen LogP contribution in [0.3, 0.4) is 0 Å². The molecule has 3 rings (SSSR count). The number of aromatic nitrogens is 2. The van der Waals surface area contributed by atoms with Gasteiger partial charge in [0.15, 0.2) is 5.11 Å². The average molecular weight is 355 g/mol. The summed E-state index contributed by atoms with van der Waals surface area (Å²) < 4.78 is 1.47. The van der Waals surface area contributed by atoms with Gasteiger partial charge in [-0.1, -0.05) is 36.0 Å². The summed E-state index contributed by atoms with van der Waals surface area (Å²) in [4.78, 5) is 18.3. The monoisotopic (exact) mass is 355 g/mol. The Balaban J connectivity index is 2.12. The first-order valence-electron chi connectivity index (χ1n) is 6.98. The van der Waals surface area contributed by atoms with Crippen LogP contribution in [-0.4, -0.2) is 20.7 Å². The van der Waals surface area contributed by atoms with Gasteiger partial charge in [-0.2, -0.15) is 5.10 Å². The van der Waals surface area contributed by atoms with E-state index in [9.17, 15) is 4.79 Å². The van der Waals surface area contributed by atoms with E-state index in [-0.39, 0.29) is 10.7 Å². The largest absolute Gasteiger partial charge is 0.375 e. The number of benzene rings is 1. The number of hydrogen-bond donors (Lipinski definition) is 2. The van der Waals surface area contributed by atoms with Crippen LogP contribution in [-0.2, 0) is 0 Å². The fourth-order valence-electron chi connectivity index (χ4n) is 2.03. The van der Waals surface area contributed by atoms with Gasteiger partial charge in [-0.05, 0) is 36.5 Å². The molecule has 0 saturated heterocycles. The molecule has 3 aromatic rings. The predicted octanol–water partition coefficient (Wildman–Crippen LogP) is 2.01. The Labute approximate surface area is 147 Å². The van der Waals surface area contributed by atoms with Crippen LogP contribution in [0.25, 0.3) is 5.65 Å². The minimum absolute atomic E-state index is 0.0253. The second kappa shape index (κ2) is 7.24. The van der Waals surface area contributed by atoms with Gasteiger partial charge in [-0.25, -0.2) is 4.98 Å². The lowest BCUT2D eigenvalue weighted by Crippen LogP contribution is -2.25. The predicted molar refractivity (Wildman–Crippen MR) is 99.5 cm³/mol. The summed E-state index contributed by atoms with van der Waals surface area (Å²) in [5.41, 5.74) is 8.52. The number of pyridine rings is 1. The topological polar surface area (TPSA) is 84.8 Å². The molecule has 0 amide bonds. The Morgan fingerprint density at radius 3 is 2.75 bits per heavy atom. The third-order valence-corrected chi connectivity index (χ3v) is 4.16. The van der Waals surface area contributed by atoms with Crippen LogP contribution in [0.4, 0.5) is 0 Å². The van der Waals surface area contributed by atoms with E-state index in [4.69, 9.17) is 18.0 Å². The zero-order valence-electron chi connectivity index (χ0n) is 12.4. The van der Waals surface area contributed by atoms with Crippen molar-refractivity contribution in [3.63, 3.8) is 0 Å². The van der Waals surface area contributed by atoms with Crippen molar-refractivity contribution >= 4 is 41.0 Å². The van der Waals surface area contributed by atoms with Gasteiger partial charge in [0.2, 0.25) is 0 Å². The first kappa shape index (κ1) is 16.2. The molecule has 0 unspecified atom stereocenters. The van der Waals surface area contributed by atoms with Gasteiger partial charge >= 0.3 is 0 Å². The summed E-state index contributed by atoms with van der Waals surface area (Å²) in [6.07, 6.45) is 3.05. The Hall–Kier alpha value is -2.71.